The molecule has 0 aliphatic rings. The van der Waals surface area contributed by atoms with Crippen molar-refractivity contribution < 1.29 is 9.15 Å². The molecule has 108 valence electrons. The van der Waals surface area contributed by atoms with E-state index in [-0.39, 0.29) is 18.1 Å². The van der Waals surface area contributed by atoms with Crippen molar-refractivity contribution in [2.24, 2.45) is 5.84 Å². The number of hydrogen-bond acceptors (Lipinski definition) is 8. The molecule has 8 nitrogen and oxygen atoms in total. The smallest absolute Gasteiger partial charge is 0.323 e. The summed E-state index contributed by atoms with van der Waals surface area (Å²) in [6.45, 7) is 4.40. The Labute approximate surface area is 116 Å². The molecule has 0 aromatic carbocycles. The monoisotopic (exact) mass is 278 g/mol. The Bertz CT molecular complexity index is 543. The fourth-order valence-electron chi connectivity index (χ4n) is 1.57. The van der Waals surface area contributed by atoms with E-state index in [4.69, 9.17) is 15.0 Å². The lowest BCUT2D eigenvalue weighted by Gasteiger charge is -2.17. The van der Waals surface area contributed by atoms with Gasteiger partial charge in [0.1, 0.15) is 0 Å². The second-order valence-corrected chi connectivity index (χ2v) is 4.54. The Morgan fingerprint density at radius 1 is 1.40 bits per heavy atom. The molecular formula is C12H18N6O2. The number of nitrogens with one attached hydrogen (secondary N) is 1. The van der Waals surface area contributed by atoms with Crippen molar-refractivity contribution in [1.29, 1.82) is 0 Å². The van der Waals surface area contributed by atoms with Crippen LogP contribution < -0.4 is 20.9 Å². The van der Waals surface area contributed by atoms with E-state index in [9.17, 15) is 0 Å². The van der Waals surface area contributed by atoms with Gasteiger partial charge in [-0.25, -0.2) is 5.84 Å². The Morgan fingerprint density at radius 3 is 2.80 bits per heavy atom. The van der Waals surface area contributed by atoms with Crippen LogP contribution in [0.2, 0.25) is 0 Å². The lowest BCUT2D eigenvalue weighted by atomic mass is 10.3. The zero-order valence-electron chi connectivity index (χ0n) is 11.7. The van der Waals surface area contributed by atoms with Gasteiger partial charge >= 0.3 is 6.01 Å². The lowest BCUT2D eigenvalue weighted by molar-refractivity contribution is 0.222. The highest BCUT2D eigenvalue weighted by atomic mass is 16.5. The normalized spacial score (nSPS) is 10.7. The summed E-state index contributed by atoms with van der Waals surface area (Å²) in [5.74, 6) is 6.08. The predicted molar refractivity (Wildman–Crippen MR) is 74.2 cm³/mol. The van der Waals surface area contributed by atoms with Gasteiger partial charge in [0.2, 0.25) is 11.9 Å². The molecular weight excluding hydrogens is 260 g/mol. The molecule has 0 fully saturated rings. The van der Waals surface area contributed by atoms with Crippen molar-refractivity contribution in [3.05, 3.63) is 24.2 Å². The van der Waals surface area contributed by atoms with Crippen LogP contribution in [0.3, 0.4) is 0 Å². The number of rotatable bonds is 6. The molecule has 0 spiro atoms. The van der Waals surface area contributed by atoms with E-state index in [1.54, 1.807) is 12.5 Å². The molecule has 0 aliphatic heterocycles. The highest BCUT2D eigenvalue weighted by Crippen LogP contribution is 2.16. The molecule has 2 aromatic heterocycles. The standard InChI is InChI=1S/C12H18N6O2/c1-8(2)20-12-15-10(17-13)14-11(16-12)18(3)6-9-4-5-19-7-9/h4-5,7-8H,6,13H2,1-3H3,(H,14,15,16,17). The largest absolute Gasteiger partial charge is 0.472 e. The summed E-state index contributed by atoms with van der Waals surface area (Å²) in [6.07, 6.45) is 3.26. The molecule has 0 aliphatic carbocycles. The maximum absolute atomic E-state index is 5.48. The zero-order valence-corrected chi connectivity index (χ0v) is 11.7. The second kappa shape index (κ2) is 6.20. The van der Waals surface area contributed by atoms with Gasteiger partial charge in [-0.1, -0.05) is 0 Å². The molecule has 0 saturated carbocycles. The molecule has 8 heteroatoms. The third kappa shape index (κ3) is 3.58. The highest BCUT2D eigenvalue weighted by molar-refractivity contribution is 5.37. The number of hydrazine groups is 1. The van der Waals surface area contributed by atoms with Gasteiger partial charge in [-0.3, -0.25) is 5.43 Å². The van der Waals surface area contributed by atoms with Gasteiger partial charge in [-0.2, -0.15) is 15.0 Å². The van der Waals surface area contributed by atoms with Gasteiger partial charge in [-0.05, 0) is 19.9 Å². The number of nitrogens with zero attached hydrogens (tertiary/aromatic N) is 4. The first-order valence-electron chi connectivity index (χ1n) is 6.20. The molecule has 0 atom stereocenters. The number of aromatic nitrogens is 3. The number of ether oxygens (including phenoxy) is 1. The molecule has 3 N–H and O–H groups in total. The van der Waals surface area contributed by atoms with E-state index in [0.29, 0.717) is 12.5 Å². The van der Waals surface area contributed by atoms with Gasteiger partial charge in [0.25, 0.3) is 0 Å². The van der Waals surface area contributed by atoms with Crippen LogP contribution in [-0.4, -0.2) is 28.1 Å². The van der Waals surface area contributed by atoms with E-state index in [0.717, 1.165) is 5.56 Å². The summed E-state index contributed by atoms with van der Waals surface area (Å²) in [5.41, 5.74) is 3.42. The molecule has 2 aromatic rings. The first kappa shape index (κ1) is 14.1. The van der Waals surface area contributed by atoms with Crippen LogP contribution in [0, 0.1) is 0 Å². The van der Waals surface area contributed by atoms with E-state index in [1.165, 1.54) is 0 Å². The van der Waals surface area contributed by atoms with E-state index in [1.807, 2.05) is 31.9 Å². The number of nitrogen functional groups attached to an aromatic ring is 1. The number of anilines is 2. The SMILES string of the molecule is CC(C)Oc1nc(NN)nc(N(C)Cc2ccoc2)n1. The van der Waals surface area contributed by atoms with Crippen LogP contribution in [0.1, 0.15) is 19.4 Å². The Hall–Kier alpha value is -2.35. The maximum Gasteiger partial charge on any atom is 0.323 e. The van der Waals surface area contributed by atoms with Crippen LogP contribution in [-0.2, 0) is 6.54 Å². The summed E-state index contributed by atoms with van der Waals surface area (Å²) in [6, 6.07) is 2.11. The van der Waals surface area contributed by atoms with Gasteiger partial charge in [0.15, 0.2) is 0 Å². The molecule has 20 heavy (non-hydrogen) atoms. The topological polar surface area (TPSA) is 102 Å². The highest BCUT2D eigenvalue weighted by Gasteiger charge is 2.12. The van der Waals surface area contributed by atoms with Crippen LogP contribution in [0.15, 0.2) is 23.0 Å². The number of hydrogen-bond donors (Lipinski definition) is 2. The summed E-state index contributed by atoms with van der Waals surface area (Å²) >= 11 is 0. The average Bonchev–Trinajstić information content (AvgIpc) is 2.90. The zero-order chi connectivity index (χ0) is 14.5. The second-order valence-electron chi connectivity index (χ2n) is 4.54. The lowest BCUT2D eigenvalue weighted by Crippen LogP contribution is -2.22. The van der Waals surface area contributed by atoms with Crippen molar-refractivity contribution >= 4 is 11.9 Å². The van der Waals surface area contributed by atoms with Crippen LogP contribution >= 0.6 is 0 Å². The quantitative estimate of drug-likeness (QED) is 0.599. The van der Waals surface area contributed by atoms with Gasteiger partial charge in [0, 0.05) is 19.2 Å². The Balaban J connectivity index is 2.20. The van der Waals surface area contributed by atoms with Crippen molar-refractivity contribution in [3.8, 4) is 6.01 Å². The number of furan rings is 1. The molecule has 2 heterocycles. The Morgan fingerprint density at radius 2 is 2.20 bits per heavy atom. The molecule has 0 unspecified atom stereocenters. The van der Waals surface area contributed by atoms with Gasteiger partial charge in [0.05, 0.1) is 18.6 Å². The third-order valence-corrected chi connectivity index (χ3v) is 2.41. The Kier molecular flexibility index (Phi) is 4.36. The first-order chi connectivity index (χ1) is 9.58. The van der Waals surface area contributed by atoms with Crippen LogP contribution in [0.25, 0.3) is 0 Å². The van der Waals surface area contributed by atoms with E-state index < -0.39 is 0 Å². The molecule has 0 amide bonds. The summed E-state index contributed by atoms with van der Waals surface area (Å²) < 4.78 is 10.5. The fourth-order valence-corrected chi connectivity index (χ4v) is 1.57. The molecule has 0 radical (unpaired) electrons. The molecule has 0 saturated heterocycles. The maximum atomic E-state index is 5.48. The predicted octanol–water partition coefficient (Wildman–Crippen LogP) is 1.17. The fraction of sp³-hybridized carbons (Fsp3) is 0.417. The minimum atomic E-state index is -0.0324. The van der Waals surface area contributed by atoms with Crippen LogP contribution in [0.5, 0.6) is 6.01 Å². The average molecular weight is 278 g/mol. The summed E-state index contributed by atoms with van der Waals surface area (Å²) in [7, 11) is 1.86. The molecule has 2 rings (SSSR count). The van der Waals surface area contributed by atoms with Gasteiger partial charge in [-0.15, -0.1) is 0 Å². The van der Waals surface area contributed by atoms with Gasteiger partial charge < -0.3 is 14.1 Å². The van der Waals surface area contributed by atoms with E-state index in [2.05, 4.69) is 20.4 Å². The minimum Gasteiger partial charge on any atom is -0.472 e. The van der Waals surface area contributed by atoms with Crippen molar-refractivity contribution in [1.82, 2.24) is 15.0 Å². The van der Waals surface area contributed by atoms with Crippen molar-refractivity contribution in [3.63, 3.8) is 0 Å². The third-order valence-electron chi connectivity index (χ3n) is 2.41. The van der Waals surface area contributed by atoms with Crippen molar-refractivity contribution in [2.75, 3.05) is 17.4 Å². The summed E-state index contributed by atoms with van der Waals surface area (Å²) in [4.78, 5) is 14.3. The number of nitrogens with two attached hydrogens (primary N) is 1. The molecule has 0 bridgehead atoms. The minimum absolute atomic E-state index is 0.0324. The van der Waals surface area contributed by atoms with Crippen molar-refractivity contribution in [2.45, 2.75) is 26.5 Å². The summed E-state index contributed by atoms with van der Waals surface area (Å²) in [5, 5.41) is 0. The first-order valence-corrected chi connectivity index (χ1v) is 6.20. The van der Waals surface area contributed by atoms with E-state index >= 15 is 0 Å². The van der Waals surface area contributed by atoms with Crippen LogP contribution in [0.4, 0.5) is 11.9 Å².